The second-order valence-electron chi connectivity index (χ2n) is 6.14. The zero-order valence-corrected chi connectivity index (χ0v) is 17.5. The highest BCUT2D eigenvalue weighted by Crippen LogP contribution is 2.44. The summed E-state index contributed by atoms with van der Waals surface area (Å²) < 4.78 is 0.858. The van der Waals surface area contributed by atoms with Gasteiger partial charge in [0.1, 0.15) is 0 Å². The standard InChI is InChI=1S/C19H13BrClN3O2S/c1-9-6-10(20)7-13-14(18(26)24(2)15(9)13)16-17(25)23-19(27-16)22-12-5-3-4-11(21)8-12/h3-8H,1-2H3,(H,22,23,25). The van der Waals surface area contributed by atoms with Crippen molar-refractivity contribution in [1.82, 2.24) is 5.32 Å². The molecule has 8 heteroatoms. The fourth-order valence-electron chi connectivity index (χ4n) is 3.18. The van der Waals surface area contributed by atoms with Gasteiger partial charge in [-0.15, -0.1) is 0 Å². The first kappa shape index (κ1) is 18.3. The van der Waals surface area contributed by atoms with E-state index in [-0.39, 0.29) is 11.8 Å². The zero-order valence-electron chi connectivity index (χ0n) is 14.3. The minimum atomic E-state index is -0.331. The van der Waals surface area contributed by atoms with Crippen LogP contribution in [-0.2, 0) is 9.59 Å². The summed E-state index contributed by atoms with van der Waals surface area (Å²) in [6.07, 6.45) is 0. The van der Waals surface area contributed by atoms with Crippen LogP contribution in [0.25, 0.3) is 5.57 Å². The van der Waals surface area contributed by atoms with Gasteiger partial charge >= 0.3 is 0 Å². The highest BCUT2D eigenvalue weighted by Gasteiger charge is 2.38. The summed E-state index contributed by atoms with van der Waals surface area (Å²) in [6, 6.07) is 10.9. The lowest BCUT2D eigenvalue weighted by molar-refractivity contribution is -0.116. The minimum absolute atomic E-state index is 0.201. The molecule has 0 atom stereocenters. The van der Waals surface area contributed by atoms with Crippen molar-refractivity contribution in [1.29, 1.82) is 0 Å². The maximum atomic E-state index is 12.9. The van der Waals surface area contributed by atoms with Crippen molar-refractivity contribution >= 4 is 73.2 Å². The number of hydrogen-bond acceptors (Lipinski definition) is 4. The molecule has 0 radical (unpaired) electrons. The van der Waals surface area contributed by atoms with Gasteiger partial charge in [0.05, 0.1) is 21.9 Å². The quantitative estimate of drug-likeness (QED) is 0.628. The average Bonchev–Trinajstić information content (AvgIpc) is 3.05. The number of amidine groups is 1. The number of amides is 2. The predicted octanol–water partition coefficient (Wildman–Crippen LogP) is 4.65. The third-order valence-electron chi connectivity index (χ3n) is 4.28. The van der Waals surface area contributed by atoms with E-state index in [2.05, 4.69) is 26.2 Å². The maximum Gasteiger partial charge on any atom is 0.264 e. The topological polar surface area (TPSA) is 61.8 Å². The van der Waals surface area contributed by atoms with Gasteiger partial charge in [-0.1, -0.05) is 33.6 Å². The number of nitrogens with one attached hydrogen (secondary N) is 1. The highest BCUT2D eigenvalue weighted by molar-refractivity contribution is 9.10. The van der Waals surface area contributed by atoms with Crippen LogP contribution in [0.3, 0.4) is 0 Å². The number of carbonyl (C=O) groups is 2. The van der Waals surface area contributed by atoms with Crippen LogP contribution in [0, 0.1) is 6.92 Å². The van der Waals surface area contributed by atoms with Crippen molar-refractivity contribution in [3.8, 4) is 0 Å². The molecule has 0 bridgehead atoms. The Kier molecular flexibility index (Phi) is 4.61. The molecule has 0 spiro atoms. The molecule has 2 aromatic carbocycles. The van der Waals surface area contributed by atoms with Crippen molar-refractivity contribution in [3.05, 3.63) is 61.9 Å². The van der Waals surface area contributed by atoms with Crippen molar-refractivity contribution in [2.75, 3.05) is 11.9 Å². The molecule has 1 saturated heterocycles. The molecule has 0 aromatic heterocycles. The number of carbonyl (C=O) groups excluding carboxylic acids is 2. The van der Waals surface area contributed by atoms with E-state index in [1.54, 1.807) is 36.2 Å². The number of nitrogens with zero attached hydrogens (tertiary/aromatic N) is 2. The first-order valence-corrected chi connectivity index (χ1v) is 10.00. The van der Waals surface area contributed by atoms with Gasteiger partial charge in [0.15, 0.2) is 5.17 Å². The molecule has 2 amide bonds. The summed E-state index contributed by atoms with van der Waals surface area (Å²) in [5.74, 6) is -0.532. The summed E-state index contributed by atoms with van der Waals surface area (Å²) in [5, 5.41) is 3.71. The zero-order chi connectivity index (χ0) is 19.3. The van der Waals surface area contributed by atoms with Gasteiger partial charge in [-0.2, -0.15) is 0 Å². The average molecular weight is 463 g/mol. The van der Waals surface area contributed by atoms with E-state index in [4.69, 9.17) is 11.6 Å². The second-order valence-corrected chi connectivity index (χ2v) is 8.49. The SMILES string of the molecule is Cc1cc(Br)cc2c1N(C)C(=O)C2=C1SC(=Nc2cccc(Cl)c2)NC1=O. The summed E-state index contributed by atoms with van der Waals surface area (Å²) in [6.45, 7) is 1.94. The van der Waals surface area contributed by atoms with Crippen LogP contribution >= 0.6 is 39.3 Å². The van der Waals surface area contributed by atoms with E-state index in [0.29, 0.717) is 26.4 Å². The molecule has 27 heavy (non-hydrogen) atoms. The highest BCUT2D eigenvalue weighted by atomic mass is 79.9. The van der Waals surface area contributed by atoms with E-state index < -0.39 is 0 Å². The van der Waals surface area contributed by atoms with Crippen LogP contribution in [0.1, 0.15) is 11.1 Å². The molecule has 2 aliphatic heterocycles. The molecule has 2 heterocycles. The molecule has 5 nitrogen and oxygen atoms in total. The molecular formula is C19H13BrClN3O2S. The van der Waals surface area contributed by atoms with Crippen LogP contribution in [0.5, 0.6) is 0 Å². The largest absolute Gasteiger partial charge is 0.310 e. The molecule has 1 N–H and O–H groups in total. The molecule has 0 aliphatic carbocycles. The predicted molar refractivity (Wildman–Crippen MR) is 113 cm³/mol. The van der Waals surface area contributed by atoms with Gasteiger partial charge in [0.25, 0.3) is 11.8 Å². The van der Waals surface area contributed by atoms with E-state index in [1.165, 1.54) is 0 Å². The van der Waals surface area contributed by atoms with Gasteiger partial charge in [-0.05, 0) is 54.6 Å². The number of rotatable bonds is 1. The van der Waals surface area contributed by atoms with Crippen molar-refractivity contribution < 1.29 is 9.59 Å². The fourth-order valence-corrected chi connectivity index (χ4v) is 4.86. The van der Waals surface area contributed by atoms with Crippen LogP contribution < -0.4 is 10.2 Å². The third kappa shape index (κ3) is 3.20. The molecule has 0 saturated carbocycles. The summed E-state index contributed by atoms with van der Waals surface area (Å²) in [4.78, 5) is 31.8. The number of likely N-dealkylation sites (N-methyl/N-ethyl adjacent to an activating group) is 1. The number of aliphatic imine (C=N–C) groups is 1. The summed E-state index contributed by atoms with van der Waals surface area (Å²) in [7, 11) is 1.72. The summed E-state index contributed by atoms with van der Waals surface area (Å²) >= 11 is 10.6. The van der Waals surface area contributed by atoms with Crippen LogP contribution in [-0.4, -0.2) is 24.0 Å². The Morgan fingerprint density at radius 3 is 2.74 bits per heavy atom. The molecule has 136 valence electrons. The van der Waals surface area contributed by atoms with E-state index in [9.17, 15) is 9.59 Å². The van der Waals surface area contributed by atoms with Crippen molar-refractivity contribution in [2.45, 2.75) is 6.92 Å². The number of fused-ring (bicyclic) bond motifs is 1. The molecule has 2 aromatic rings. The van der Waals surface area contributed by atoms with Crippen molar-refractivity contribution in [3.63, 3.8) is 0 Å². The Morgan fingerprint density at radius 2 is 2.00 bits per heavy atom. The number of anilines is 1. The van der Waals surface area contributed by atoms with Gasteiger partial charge < -0.3 is 10.2 Å². The number of thioether (sulfide) groups is 1. The number of halogens is 2. The van der Waals surface area contributed by atoms with Crippen LogP contribution in [0.15, 0.2) is 50.8 Å². The Morgan fingerprint density at radius 1 is 1.22 bits per heavy atom. The van der Waals surface area contributed by atoms with Gasteiger partial charge in [0, 0.05) is 22.1 Å². The van der Waals surface area contributed by atoms with Gasteiger partial charge in [-0.25, -0.2) is 4.99 Å². The smallest absolute Gasteiger partial charge is 0.264 e. The number of aryl methyl sites for hydroxylation is 1. The number of benzene rings is 2. The van der Waals surface area contributed by atoms with Crippen LogP contribution in [0.4, 0.5) is 11.4 Å². The minimum Gasteiger partial charge on any atom is -0.310 e. The third-order valence-corrected chi connectivity index (χ3v) is 5.95. The second kappa shape index (κ2) is 6.82. The molecule has 2 aliphatic rings. The van der Waals surface area contributed by atoms with Gasteiger partial charge in [0.2, 0.25) is 0 Å². The lowest BCUT2D eigenvalue weighted by Crippen LogP contribution is -2.23. The molecule has 1 fully saturated rings. The normalized spacial score (nSPS) is 20.4. The maximum absolute atomic E-state index is 12.9. The lowest BCUT2D eigenvalue weighted by Gasteiger charge is -2.12. The molecule has 0 unspecified atom stereocenters. The van der Waals surface area contributed by atoms with E-state index in [1.807, 2.05) is 19.1 Å². The Hall–Kier alpha value is -2.09. The summed E-state index contributed by atoms with van der Waals surface area (Å²) in [5.41, 5.74) is 3.55. The Labute approximate surface area is 173 Å². The van der Waals surface area contributed by atoms with Gasteiger partial charge in [-0.3, -0.25) is 9.59 Å². The number of hydrogen-bond donors (Lipinski definition) is 1. The van der Waals surface area contributed by atoms with E-state index >= 15 is 0 Å². The first-order chi connectivity index (χ1) is 12.8. The van der Waals surface area contributed by atoms with Crippen LogP contribution in [0.2, 0.25) is 5.02 Å². The molecular weight excluding hydrogens is 450 g/mol. The monoisotopic (exact) mass is 461 g/mol. The lowest BCUT2D eigenvalue weighted by atomic mass is 10.0. The van der Waals surface area contributed by atoms with E-state index in [0.717, 1.165) is 33.0 Å². The first-order valence-electron chi connectivity index (χ1n) is 8.01. The molecule has 4 rings (SSSR count). The van der Waals surface area contributed by atoms with Crippen molar-refractivity contribution in [2.24, 2.45) is 4.99 Å². The fraction of sp³-hybridized carbons (Fsp3) is 0.105. The Balaban J connectivity index is 1.81. The Bertz CT molecular complexity index is 1080.